The van der Waals surface area contributed by atoms with Gasteiger partial charge in [0.05, 0.1) is 0 Å². The Bertz CT molecular complexity index is 1090. The number of ether oxygens (including phenoxy) is 1. The quantitative estimate of drug-likeness (QED) is 0.559. The van der Waals surface area contributed by atoms with Crippen LogP contribution in [0.2, 0.25) is 0 Å². The minimum absolute atomic E-state index is 0.0149. The van der Waals surface area contributed by atoms with E-state index in [2.05, 4.69) is 6.92 Å². The maximum Gasteiger partial charge on any atom is 0.336 e. The van der Waals surface area contributed by atoms with Gasteiger partial charge in [0.2, 0.25) is 0 Å². The van der Waals surface area contributed by atoms with E-state index < -0.39 is 11.7 Å². The monoisotopic (exact) mass is 405 g/mol. The summed E-state index contributed by atoms with van der Waals surface area (Å²) in [7, 11) is 0. The Balaban J connectivity index is 1.59. The molecular formula is C25H27NO4. The van der Waals surface area contributed by atoms with Crippen LogP contribution in [0.4, 0.5) is 0 Å². The van der Waals surface area contributed by atoms with Crippen LogP contribution < -0.4 is 10.4 Å². The fourth-order valence-corrected chi connectivity index (χ4v) is 4.28. The molecule has 0 spiro atoms. The van der Waals surface area contributed by atoms with Crippen molar-refractivity contribution in [2.45, 2.75) is 51.7 Å². The van der Waals surface area contributed by atoms with Gasteiger partial charge in [-0.15, -0.1) is 0 Å². The summed E-state index contributed by atoms with van der Waals surface area (Å²) in [5.74, 6) is 0.530. The van der Waals surface area contributed by atoms with Gasteiger partial charge < -0.3 is 14.1 Å². The Morgan fingerprint density at radius 1 is 1.17 bits per heavy atom. The molecule has 1 aliphatic rings. The van der Waals surface area contributed by atoms with Gasteiger partial charge in [0.25, 0.3) is 5.91 Å². The number of carbonyl (C=O) groups is 1. The fourth-order valence-electron chi connectivity index (χ4n) is 4.28. The number of nitrogens with zero attached hydrogens (tertiary/aromatic N) is 1. The minimum Gasteiger partial charge on any atom is -0.481 e. The summed E-state index contributed by atoms with van der Waals surface area (Å²) >= 11 is 0. The summed E-state index contributed by atoms with van der Waals surface area (Å²) < 4.78 is 11.4. The van der Waals surface area contributed by atoms with Gasteiger partial charge >= 0.3 is 5.63 Å². The lowest BCUT2D eigenvalue weighted by atomic mass is 9.99. The van der Waals surface area contributed by atoms with Crippen molar-refractivity contribution in [3.05, 3.63) is 65.0 Å². The number of fused-ring (bicyclic) bond motifs is 1. The van der Waals surface area contributed by atoms with Crippen molar-refractivity contribution in [1.82, 2.24) is 4.90 Å². The summed E-state index contributed by atoms with van der Waals surface area (Å²) in [6.45, 7) is 4.69. The summed E-state index contributed by atoms with van der Waals surface area (Å²) in [6, 6.07) is 16.9. The van der Waals surface area contributed by atoms with E-state index in [0.29, 0.717) is 17.4 Å². The number of carbonyl (C=O) groups excluding carboxylic acids is 1. The second-order valence-corrected chi connectivity index (χ2v) is 7.85. The van der Waals surface area contributed by atoms with Crippen molar-refractivity contribution in [3.63, 3.8) is 0 Å². The lowest BCUT2D eigenvalue weighted by Crippen LogP contribution is -2.48. The van der Waals surface area contributed by atoms with E-state index in [4.69, 9.17) is 9.15 Å². The molecule has 1 aliphatic heterocycles. The maximum absolute atomic E-state index is 13.0. The van der Waals surface area contributed by atoms with E-state index in [1.165, 1.54) is 12.5 Å². The van der Waals surface area contributed by atoms with Crippen LogP contribution in [0.3, 0.4) is 0 Å². The molecule has 1 fully saturated rings. The van der Waals surface area contributed by atoms with Crippen LogP contribution in [0.1, 0.15) is 39.5 Å². The average molecular weight is 405 g/mol. The lowest BCUT2D eigenvalue weighted by molar-refractivity contribution is -0.141. The van der Waals surface area contributed by atoms with Crippen molar-refractivity contribution in [1.29, 1.82) is 0 Å². The van der Waals surface area contributed by atoms with Crippen LogP contribution in [-0.2, 0) is 4.79 Å². The molecule has 156 valence electrons. The zero-order chi connectivity index (χ0) is 21.1. The van der Waals surface area contributed by atoms with Crippen molar-refractivity contribution in [2.75, 3.05) is 6.54 Å². The Morgan fingerprint density at radius 3 is 2.73 bits per heavy atom. The smallest absolute Gasteiger partial charge is 0.336 e. The van der Waals surface area contributed by atoms with Crippen LogP contribution in [-0.4, -0.2) is 29.5 Å². The molecule has 2 unspecified atom stereocenters. The highest BCUT2D eigenvalue weighted by Gasteiger charge is 2.29. The van der Waals surface area contributed by atoms with Gasteiger partial charge in [-0.3, -0.25) is 4.79 Å². The summed E-state index contributed by atoms with van der Waals surface area (Å²) in [5.41, 5.74) is 1.80. The molecule has 4 rings (SSSR count). The van der Waals surface area contributed by atoms with Crippen LogP contribution in [0.5, 0.6) is 5.75 Å². The first kappa shape index (κ1) is 20.2. The number of rotatable bonds is 5. The van der Waals surface area contributed by atoms with Crippen LogP contribution in [0.25, 0.3) is 22.1 Å². The molecule has 2 heterocycles. The van der Waals surface area contributed by atoms with E-state index in [1.807, 2.05) is 47.4 Å². The zero-order valence-corrected chi connectivity index (χ0v) is 17.5. The molecule has 3 aromatic rings. The van der Waals surface area contributed by atoms with E-state index in [9.17, 15) is 9.59 Å². The predicted molar refractivity (Wildman–Crippen MR) is 118 cm³/mol. The topological polar surface area (TPSA) is 59.8 Å². The highest BCUT2D eigenvalue weighted by molar-refractivity contribution is 5.93. The van der Waals surface area contributed by atoms with Crippen molar-refractivity contribution < 1.29 is 13.9 Å². The highest BCUT2D eigenvalue weighted by atomic mass is 16.5. The number of hydrogen-bond acceptors (Lipinski definition) is 4. The van der Waals surface area contributed by atoms with E-state index in [-0.39, 0.29) is 5.91 Å². The van der Waals surface area contributed by atoms with Crippen LogP contribution >= 0.6 is 0 Å². The first-order valence-corrected chi connectivity index (χ1v) is 10.7. The third-order valence-electron chi connectivity index (χ3n) is 5.84. The van der Waals surface area contributed by atoms with Gasteiger partial charge in [0, 0.05) is 30.1 Å². The Hall–Kier alpha value is -3.08. The molecule has 5 nitrogen and oxygen atoms in total. The molecule has 0 radical (unpaired) electrons. The molecule has 0 aliphatic carbocycles. The SMILES string of the molecule is CCC1CCCCN1C(=O)C(C)Oc1ccc2c(-c3ccccc3)cc(=O)oc2c1. The summed E-state index contributed by atoms with van der Waals surface area (Å²) in [6.07, 6.45) is 3.63. The number of likely N-dealkylation sites (tertiary alicyclic amines) is 1. The Morgan fingerprint density at radius 2 is 1.97 bits per heavy atom. The molecule has 0 bridgehead atoms. The fraction of sp³-hybridized carbons (Fsp3) is 0.360. The lowest BCUT2D eigenvalue weighted by Gasteiger charge is -2.36. The van der Waals surface area contributed by atoms with Crippen LogP contribution in [0.15, 0.2) is 63.8 Å². The largest absolute Gasteiger partial charge is 0.481 e. The van der Waals surface area contributed by atoms with Gasteiger partial charge in [-0.05, 0) is 55.9 Å². The molecule has 30 heavy (non-hydrogen) atoms. The Kier molecular flexibility index (Phi) is 5.88. The van der Waals surface area contributed by atoms with Gasteiger partial charge in [-0.1, -0.05) is 37.3 Å². The standard InChI is InChI=1S/C25H27NO4/c1-3-19-11-7-8-14-26(19)25(28)17(2)29-20-12-13-21-22(18-9-5-4-6-10-18)16-24(27)30-23(21)15-20/h4-6,9-10,12-13,15-17,19H,3,7-8,11,14H2,1-2H3. The second-order valence-electron chi connectivity index (χ2n) is 7.85. The zero-order valence-electron chi connectivity index (χ0n) is 17.5. The molecule has 0 N–H and O–H groups in total. The Labute approximate surface area is 176 Å². The van der Waals surface area contributed by atoms with Crippen molar-refractivity contribution in [3.8, 4) is 16.9 Å². The predicted octanol–water partition coefficient (Wildman–Crippen LogP) is 5.02. The van der Waals surface area contributed by atoms with Gasteiger partial charge in [-0.2, -0.15) is 0 Å². The molecule has 1 saturated heterocycles. The molecule has 1 amide bonds. The summed E-state index contributed by atoms with van der Waals surface area (Å²) in [5, 5.41) is 0.828. The molecule has 0 saturated carbocycles. The van der Waals surface area contributed by atoms with Crippen molar-refractivity contribution >= 4 is 16.9 Å². The second kappa shape index (κ2) is 8.74. The van der Waals surface area contributed by atoms with Gasteiger partial charge in [0.15, 0.2) is 6.10 Å². The highest BCUT2D eigenvalue weighted by Crippen LogP contribution is 2.30. The third kappa shape index (κ3) is 4.11. The first-order chi connectivity index (χ1) is 14.6. The number of amides is 1. The number of hydrogen-bond donors (Lipinski definition) is 0. The van der Waals surface area contributed by atoms with Gasteiger partial charge in [-0.25, -0.2) is 4.79 Å². The van der Waals surface area contributed by atoms with Crippen LogP contribution in [0, 0.1) is 0 Å². The van der Waals surface area contributed by atoms with E-state index >= 15 is 0 Å². The number of piperidine rings is 1. The van der Waals surface area contributed by atoms with Crippen molar-refractivity contribution in [2.24, 2.45) is 0 Å². The minimum atomic E-state index is -0.598. The summed E-state index contributed by atoms with van der Waals surface area (Å²) in [4.78, 5) is 27.0. The normalized spacial score (nSPS) is 17.7. The molecule has 5 heteroatoms. The molecule has 2 atom stereocenters. The molecule has 2 aromatic carbocycles. The maximum atomic E-state index is 13.0. The van der Waals surface area contributed by atoms with E-state index in [0.717, 1.165) is 42.3 Å². The first-order valence-electron chi connectivity index (χ1n) is 10.7. The third-order valence-corrected chi connectivity index (χ3v) is 5.84. The van der Waals surface area contributed by atoms with Gasteiger partial charge in [0.1, 0.15) is 11.3 Å². The average Bonchev–Trinajstić information content (AvgIpc) is 2.78. The molecular weight excluding hydrogens is 378 g/mol. The number of benzene rings is 2. The molecule has 1 aromatic heterocycles. The van der Waals surface area contributed by atoms with E-state index in [1.54, 1.807) is 13.0 Å².